The van der Waals surface area contributed by atoms with Gasteiger partial charge >= 0.3 is 0 Å². The lowest BCUT2D eigenvalue weighted by Crippen LogP contribution is -2.29. The van der Waals surface area contributed by atoms with E-state index in [1.165, 1.54) is 12.5 Å². The van der Waals surface area contributed by atoms with Gasteiger partial charge in [-0.1, -0.05) is 6.07 Å². The molecule has 0 unspecified atom stereocenters. The van der Waals surface area contributed by atoms with Crippen molar-refractivity contribution in [3.63, 3.8) is 0 Å². The summed E-state index contributed by atoms with van der Waals surface area (Å²) in [7, 11) is 0. The van der Waals surface area contributed by atoms with Gasteiger partial charge in [-0.3, -0.25) is 14.4 Å². The number of fused-ring (bicyclic) bond motifs is 1. The van der Waals surface area contributed by atoms with Crippen LogP contribution >= 0.6 is 0 Å². The first-order valence-corrected chi connectivity index (χ1v) is 11.7. The van der Waals surface area contributed by atoms with E-state index in [1.807, 2.05) is 32.0 Å². The van der Waals surface area contributed by atoms with Crippen molar-refractivity contribution in [3.8, 4) is 23.0 Å². The van der Waals surface area contributed by atoms with Gasteiger partial charge in [-0.05, 0) is 104 Å². The summed E-state index contributed by atoms with van der Waals surface area (Å²) >= 11 is 0. The minimum atomic E-state index is -0.422. The van der Waals surface area contributed by atoms with Gasteiger partial charge in [0.25, 0.3) is 11.8 Å². The molecular formula is C30H24N2O5. The molecule has 0 radical (unpaired) electrons. The molecule has 1 N–H and O–H groups in total. The lowest BCUT2D eigenvalue weighted by atomic mass is 10.1. The number of carbonyl (C=O) groups excluding carboxylic acids is 3. The Morgan fingerprint density at radius 2 is 1.19 bits per heavy atom. The van der Waals surface area contributed by atoms with Crippen LogP contribution in [-0.2, 0) is 4.79 Å². The van der Waals surface area contributed by atoms with Gasteiger partial charge in [-0.25, -0.2) is 4.90 Å². The van der Waals surface area contributed by atoms with Crippen molar-refractivity contribution in [3.05, 3.63) is 107 Å². The fourth-order valence-electron chi connectivity index (χ4n) is 4.04. The molecule has 184 valence electrons. The molecule has 0 saturated heterocycles. The highest BCUT2D eigenvalue weighted by Crippen LogP contribution is 2.34. The number of amides is 3. The van der Waals surface area contributed by atoms with E-state index in [-0.39, 0.29) is 11.5 Å². The van der Waals surface area contributed by atoms with E-state index >= 15 is 0 Å². The van der Waals surface area contributed by atoms with E-state index in [0.29, 0.717) is 39.9 Å². The topological polar surface area (TPSA) is 84.9 Å². The predicted molar refractivity (Wildman–Crippen MR) is 141 cm³/mol. The lowest BCUT2D eigenvalue weighted by Gasteiger charge is -2.15. The number of nitrogens with one attached hydrogen (secondary N) is 1. The molecule has 3 amide bonds. The van der Waals surface area contributed by atoms with Crippen molar-refractivity contribution in [2.45, 2.75) is 20.8 Å². The van der Waals surface area contributed by atoms with Crippen molar-refractivity contribution < 1.29 is 23.9 Å². The molecule has 37 heavy (non-hydrogen) atoms. The van der Waals surface area contributed by atoms with Gasteiger partial charge in [0.2, 0.25) is 5.91 Å². The quantitative estimate of drug-likeness (QED) is 0.305. The number of nitrogens with zero attached hydrogens (tertiary/aromatic N) is 1. The molecule has 4 aromatic rings. The third kappa shape index (κ3) is 4.92. The van der Waals surface area contributed by atoms with Crippen LogP contribution in [0.4, 0.5) is 11.4 Å². The number of hydrogen-bond acceptors (Lipinski definition) is 5. The van der Waals surface area contributed by atoms with Crippen molar-refractivity contribution in [1.29, 1.82) is 0 Å². The van der Waals surface area contributed by atoms with Crippen LogP contribution in [0.5, 0.6) is 23.0 Å². The molecule has 1 heterocycles. The fourth-order valence-corrected chi connectivity index (χ4v) is 4.04. The number of anilines is 2. The lowest BCUT2D eigenvalue weighted by molar-refractivity contribution is -0.114. The molecule has 4 aromatic carbocycles. The third-order valence-electron chi connectivity index (χ3n) is 6.08. The highest BCUT2D eigenvalue weighted by Gasteiger charge is 2.37. The Balaban J connectivity index is 1.31. The molecular weight excluding hydrogens is 468 g/mol. The summed E-state index contributed by atoms with van der Waals surface area (Å²) in [5.41, 5.74) is 4.00. The van der Waals surface area contributed by atoms with Gasteiger partial charge in [0, 0.05) is 12.6 Å². The molecule has 1 aliphatic rings. The number of hydrogen-bond donors (Lipinski definition) is 1. The Bertz CT molecular complexity index is 1530. The molecule has 0 aliphatic carbocycles. The summed E-state index contributed by atoms with van der Waals surface area (Å²) in [5.74, 6) is 1.29. The minimum absolute atomic E-state index is 0.163. The molecule has 0 atom stereocenters. The number of carbonyl (C=O) groups is 3. The van der Waals surface area contributed by atoms with Crippen LogP contribution in [0.2, 0.25) is 0 Å². The highest BCUT2D eigenvalue weighted by molar-refractivity contribution is 6.34. The van der Waals surface area contributed by atoms with E-state index in [2.05, 4.69) is 5.32 Å². The Kier molecular flexibility index (Phi) is 6.19. The Labute approximate surface area is 214 Å². The zero-order chi connectivity index (χ0) is 26.1. The summed E-state index contributed by atoms with van der Waals surface area (Å²) < 4.78 is 11.8. The van der Waals surface area contributed by atoms with Crippen LogP contribution < -0.4 is 19.7 Å². The van der Waals surface area contributed by atoms with Gasteiger partial charge < -0.3 is 14.8 Å². The molecule has 0 aromatic heterocycles. The average Bonchev–Trinajstić information content (AvgIpc) is 3.12. The zero-order valence-electron chi connectivity index (χ0n) is 20.6. The van der Waals surface area contributed by atoms with Crippen molar-refractivity contribution in [2.24, 2.45) is 0 Å². The zero-order valence-corrected chi connectivity index (χ0v) is 20.6. The fraction of sp³-hybridized carbons (Fsp3) is 0.100. The van der Waals surface area contributed by atoms with Crippen LogP contribution in [0, 0.1) is 13.8 Å². The first-order chi connectivity index (χ1) is 17.8. The van der Waals surface area contributed by atoms with E-state index in [4.69, 9.17) is 9.47 Å². The molecule has 7 nitrogen and oxygen atoms in total. The van der Waals surface area contributed by atoms with Crippen LogP contribution in [0.3, 0.4) is 0 Å². The predicted octanol–water partition coefficient (Wildman–Crippen LogP) is 6.65. The molecule has 7 heteroatoms. The Hall–Kier alpha value is -4.91. The van der Waals surface area contributed by atoms with Crippen LogP contribution in [0.15, 0.2) is 84.9 Å². The second kappa shape index (κ2) is 9.62. The van der Waals surface area contributed by atoms with Gasteiger partial charge in [0.15, 0.2) is 0 Å². The van der Waals surface area contributed by atoms with E-state index in [9.17, 15) is 14.4 Å². The van der Waals surface area contributed by atoms with Crippen molar-refractivity contribution >= 4 is 29.1 Å². The maximum absolute atomic E-state index is 13.2. The van der Waals surface area contributed by atoms with E-state index in [0.717, 1.165) is 10.5 Å². The monoisotopic (exact) mass is 492 g/mol. The first-order valence-electron chi connectivity index (χ1n) is 11.7. The van der Waals surface area contributed by atoms with Crippen molar-refractivity contribution in [2.75, 3.05) is 10.2 Å². The van der Waals surface area contributed by atoms with Crippen LogP contribution in [-0.4, -0.2) is 17.7 Å². The van der Waals surface area contributed by atoms with Crippen LogP contribution in [0.1, 0.15) is 38.8 Å². The van der Waals surface area contributed by atoms with Crippen molar-refractivity contribution in [1.82, 2.24) is 0 Å². The van der Waals surface area contributed by atoms with Gasteiger partial charge in [-0.15, -0.1) is 0 Å². The van der Waals surface area contributed by atoms with E-state index in [1.54, 1.807) is 66.7 Å². The molecule has 0 fully saturated rings. The summed E-state index contributed by atoms with van der Waals surface area (Å²) in [6.45, 7) is 5.50. The third-order valence-corrected chi connectivity index (χ3v) is 6.08. The normalized spacial score (nSPS) is 12.4. The minimum Gasteiger partial charge on any atom is -0.457 e. The molecule has 1 aliphatic heterocycles. The number of aryl methyl sites for hydroxylation is 2. The maximum atomic E-state index is 13.2. The average molecular weight is 493 g/mol. The number of imide groups is 1. The maximum Gasteiger partial charge on any atom is 0.266 e. The molecule has 0 bridgehead atoms. The molecule has 5 rings (SSSR count). The Morgan fingerprint density at radius 3 is 1.81 bits per heavy atom. The standard InChI is InChI=1S/C30H24N2O5/c1-18-4-9-25(16-19(18)2)36-24-12-7-22(8-13-24)32-29(34)27-15-14-26(17-28(27)30(32)35)37-23-10-5-21(6-11-23)31-20(3)33/h4-17H,1-3H3,(H,31,33). The van der Waals surface area contributed by atoms with E-state index < -0.39 is 11.8 Å². The van der Waals surface area contributed by atoms with Gasteiger partial charge in [0.05, 0.1) is 16.8 Å². The number of rotatable bonds is 6. The summed E-state index contributed by atoms with van der Waals surface area (Å²) in [5, 5.41) is 2.69. The SMILES string of the molecule is CC(=O)Nc1ccc(Oc2ccc3c(c2)C(=O)N(c2ccc(Oc4ccc(C)c(C)c4)cc2)C3=O)cc1. The highest BCUT2D eigenvalue weighted by atomic mass is 16.5. The Morgan fingerprint density at radius 1 is 0.649 bits per heavy atom. The second-order valence-corrected chi connectivity index (χ2v) is 8.80. The summed E-state index contributed by atoms with van der Waals surface area (Å²) in [6, 6.07) is 24.3. The summed E-state index contributed by atoms with van der Waals surface area (Å²) in [4.78, 5) is 38.6. The summed E-state index contributed by atoms with van der Waals surface area (Å²) in [6.07, 6.45) is 0. The smallest absolute Gasteiger partial charge is 0.266 e. The first kappa shape index (κ1) is 23.8. The van der Waals surface area contributed by atoms with Gasteiger partial charge in [0.1, 0.15) is 23.0 Å². The second-order valence-electron chi connectivity index (χ2n) is 8.80. The number of ether oxygens (including phenoxy) is 2. The van der Waals surface area contributed by atoms with Gasteiger partial charge in [-0.2, -0.15) is 0 Å². The largest absolute Gasteiger partial charge is 0.457 e. The number of benzene rings is 4. The molecule has 0 spiro atoms. The molecule has 0 saturated carbocycles. The van der Waals surface area contributed by atoms with Crippen LogP contribution in [0.25, 0.3) is 0 Å².